The highest BCUT2D eigenvalue weighted by Crippen LogP contribution is 2.47. The zero-order valence-corrected chi connectivity index (χ0v) is 11.8. The van der Waals surface area contributed by atoms with E-state index in [-0.39, 0.29) is 0 Å². The Morgan fingerprint density at radius 2 is 1.79 bits per heavy atom. The first kappa shape index (κ1) is 14.0. The highest BCUT2D eigenvalue weighted by molar-refractivity contribution is 6.32. The second-order valence-corrected chi connectivity index (χ2v) is 5.19. The molecule has 1 aromatic carbocycles. The van der Waals surface area contributed by atoms with Crippen molar-refractivity contribution in [1.29, 1.82) is 0 Å². The molecule has 0 aliphatic heterocycles. The summed E-state index contributed by atoms with van der Waals surface area (Å²) in [6.07, 6.45) is 3.04. The van der Waals surface area contributed by atoms with Crippen LogP contribution in [-0.2, 0) is 10.2 Å². The van der Waals surface area contributed by atoms with Gasteiger partial charge in [0, 0.05) is 11.6 Å². The number of carbonyl (C=O) groups is 1. The molecular formula is C14H17ClO4. The molecular weight excluding hydrogens is 268 g/mol. The highest BCUT2D eigenvalue weighted by atomic mass is 35.5. The molecule has 19 heavy (non-hydrogen) atoms. The minimum atomic E-state index is -0.886. The van der Waals surface area contributed by atoms with Crippen LogP contribution < -0.4 is 9.47 Å². The molecule has 1 saturated carbocycles. The Morgan fingerprint density at radius 1 is 1.21 bits per heavy atom. The van der Waals surface area contributed by atoms with Gasteiger partial charge in [-0.3, -0.25) is 4.79 Å². The SMILES string of the molecule is COc1cc(C2(C(=O)O)CCCC2)c(OC)cc1Cl. The average Bonchev–Trinajstić information content (AvgIpc) is 2.88. The molecule has 1 aliphatic carbocycles. The first-order chi connectivity index (χ1) is 9.05. The number of methoxy groups -OCH3 is 2. The summed E-state index contributed by atoms with van der Waals surface area (Å²) in [5.41, 5.74) is -0.232. The van der Waals surface area contributed by atoms with Crippen molar-refractivity contribution in [2.45, 2.75) is 31.1 Å². The molecule has 2 rings (SSSR count). The number of hydrogen-bond donors (Lipinski definition) is 1. The zero-order valence-electron chi connectivity index (χ0n) is 11.0. The van der Waals surface area contributed by atoms with Crippen LogP contribution >= 0.6 is 11.6 Å². The average molecular weight is 285 g/mol. The van der Waals surface area contributed by atoms with Crippen LogP contribution in [0.2, 0.25) is 5.02 Å². The van der Waals surface area contributed by atoms with Gasteiger partial charge >= 0.3 is 5.97 Å². The van der Waals surface area contributed by atoms with Gasteiger partial charge in [0.25, 0.3) is 0 Å². The lowest BCUT2D eigenvalue weighted by molar-refractivity contribution is -0.143. The van der Waals surface area contributed by atoms with E-state index in [4.69, 9.17) is 21.1 Å². The number of carboxylic acid groups (broad SMARTS) is 1. The van der Waals surface area contributed by atoms with E-state index >= 15 is 0 Å². The minimum absolute atomic E-state index is 0.418. The Labute approximate surface area is 117 Å². The van der Waals surface area contributed by atoms with Crippen LogP contribution in [0, 0.1) is 0 Å². The van der Waals surface area contributed by atoms with Crippen LogP contribution in [0.15, 0.2) is 12.1 Å². The number of halogens is 1. The van der Waals surface area contributed by atoms with Gasteiger partial charge in [0.1, 0.15) is 11.5 Å². The van der Waals surface area contributed by atoms with E-state index in [2.05, 4.69) is 0 Å². The van der Waals surface area contributed by atoms with E-state index < -0.39 is 11.4 Å². The Bertz CT molecular complexity index is 492. The second kappa shape index (κ2) is 5.29. The van der Waals surface area contributed by atoms with Gasteiger partial charge in [-0.25, -0.2) is 0 Å². The van der Waals surface area contributed by atoms with Gasteiger partial charge < -0.3 is 14.6 Å². The lowest BCUT2D eigenvalue weighted by Crippen LogP contribution is -2.33. The van der Waals surface area contributed by atoms with E-state index in [0.29, 0.717) is 34.9 Å². The largest absolute Gasteiger partial charge is 0.496 e. The van der Waals surface area contributed by atoms with Crippen molar-refractivity contribution in [2.24, 2.45) is 0 Å². The maximum atomic E-state index is 11.7. The number of aliphatic carboxylic acids is 1. The molecule has 0 aromatic heterocycles. The van der Waals surface area contributed by atoms with E-state index in [1.54, 1.807) is 12.1 Å². The van der Waals surface area contributed by atoms with Crippen LogP contribution in [0.4, 0.5) is 0 Å². The molecule has 0 saturated heterocycles. The van der Waals surface area contributed by atoms with Crippen molar-refractivity contribution >= 4 is 17.6 Å². The molecule has 4 nitrogen and oxygen atoms in total. The lowest BCUT2D eigenvalue weighted by atomic mass is 9.78. The summed E-state index contributed by atoms with van der Waals surface area (Å²) in [4.78, 5) is 11.7. The predicted molar refractivity (Wildman–Crippen MR) is 72.3 cm³/mol. The van der Waals surface area contributed by atoms with Crippen molar-refractivity contribution in [3.8, 4) is 11.5 Å². The second-order valence-electron chi connectivity index (χ2n) is 4.78. The fraction of sp³-hybridized carbons (Fsp3) is 0.500. The Morgan fingerprint density at radius 3 is 2.26 bits per heavy atom. The minimum Gasteiger partial charge on any atom is -0.496 e. The first-order valence-corrected chi connectivity index (χ1v) is 6.58. The van der Waals surface area contributed by atoms with Gasteiger partial charge in [-0.1, -0.05) is 24.4 Å². The Hall–Kier alpha value is -1.42. The molecule has 0 spiro atoms. The predicted octanol–water partition coefficient (Wildman–Crippen LogP) is 3.25. The number of hydrogen-bond acceptors (Lipinski definition) is 3. The van der Waals surface area contributed by atoms with Crippen LogP contribution in [0.3, 0.4) is 0 Å². The zero-order chi connectivity index (χ0) is 14.0. The third-order valence-corrected chi connectivity index (χ3v) is 4.15. The molecule has 1 fully saturated rings. The van der Waals surface area contributed by atoms with Gasteiger partial charge in [-0.05, 0) is 18.9 Å². The summed E-state index contributed by atoms with van der Waals surface area (Å²) >= 11 is 6.06. The third kappa shape index (κ3) is 2.25. The van der Waals surface area contributed by atoms with Crippen LogP contribution in [-0.4, -0.2) is 25.3 Å². The van der Waals surface area contributed by atoms with Gasteiger partial charge in [-0.2, -0.15) is 0 Å². The van der Waals surface area contributed by atoms with E-state index in [0.717, 1.165) is 12.8 Å². The first-order valence-electron chi connectivity index (χ1n) is 6.20. The van der Waals surface area contributed by atoms with E-state index in [1.165, 1.54) is 14.2 Å². The summed E-state index contributed by atoms with van der Waals surface area (Å²) < 4.78 is 10.5. The van der Waals surface area contributed by atoms with Crippen molar-refractivity contribution in [1.82, 2.24) is 0 Å². The number of carboxylic acids is 1. The van der Waals surface area contributed by atoms with Gasteiger partial charge in [-0.15, -0.1) is 0 Å². The summed E-state index contributed by atoms with van der Waals surface area (Å²) in [5.74, 6) is 0.174. The van der Waals surface area contributed by atoms with E-state index in [1.807, 2.05) is 0 Å². The number of rotatable bonds is 4. The molecule has 0 radical (unpaired) electrons. The summed E-state index contributed by atoms with van der Waals surface area (Å²) in [6, 6.07) is 3.32. The maximum Gasteiger partial charge on any atom is 0.314 e. The van der Waals surface area contributed by atoms with Crippen molar-refractivity contribution in [3.63, 3.8) is 0 Å². The smallest absolute Gasteiger partial charge is 0.314 e. The van der Waals surface area contributed by atoms with Crippen LogP contribution in [0.1, 0.15) is 31.2 Å². The lowest BCUT2D eigenvalue weighted by Gasteiger charge is -2.27. The quantitative estimate of drug-likeness (QED) is 0.922. The molecule has 1 N–H and O–H groups in total. The van der Waals surface area contributed by atoms with Gasteiger partial charge in [0.05, 0.1) is 24.7 Å². The maximum absolute atomic E-state index is 11.7. The summed E-state index contributed by atoms with van der Waals surface area (Å²) in [5, 5.41) is 10.1. The topological polar surface area (TPSA) is 55.8 Å². The monoisotopic (exact) mass is 284 g/mol. The Kier molecular flexibility index (Phi) is 3.90. The molecule has 0 unspecified atom stereocenters. The molecule has 104 valence electrons. The standard InChI is InChI=1S/C14H17ClO4/c1-18-11-8-10(15)12(19-2)7-9(11)14(13(16)17)5-3-4-6-14/h7-8H,3-6H2,1-2H3,(H,16,17). The van der Waals surface area contributed by atoms with E-state index in [9.17, 15) is 9.90 Å². The van der Waals surface area contributed by atoms with Gasteiger partial charge in [0.15, 0.2) is 0 Å². The van der Waals surface area contributed by atoms with Crippen molar-refractivity contribution in [2.75, 3.05) is 14.2 Å². The normalized spacial score (nSPS) is 17.2. The molecule has 0 heterocycles. The van der Waals surface area contributed by atoms with Crippen molar-refractivity contribution in [3.05, 3.63) is 22.7 Å². The Balaban J connectivity index is 2.61. The van der Waals surface area contributed by atoms with Gasteiger partial charge in [0.2, 0.25) is 0 Å². The third-order valence-electron chi connectivity index (χ3n) is 3.86. The van der Waals surface area contributed by atoms with Crippen molar-refractivity contribution < 1.29 is 19.4 Å². The number of benzene rings is 1. The fourth-order valence-corrected chi connectivity index (χ4v) is 3.04. The summed E-state index contributed by atoms with van der Waals surface area (Å²) in [7, 11) is 3.03. The number of ether oxygens (including phenoxy) is 2. The molecule has 0 bridgehead atoms. The molecule has 0 amide bonds. The van der Waals surface area contributed by atoms with Crippen LogP contribution in [0.5, 0.6) is 11.5 Å². The molecule has 1 aliphatic rings. The summed E-state index contributed by atoms with van der Waals surface area (Å²) in [6.45, 7) is 0. The van der Waals surface area contributed by atoms with Crippen LogP contribution in [0.25, 0.3) is 0 Å². The fourth-order valence-electron chi connectivity index (χ4n) is 2.81. The molecule has 5 heteroatoms. The molecule has 0 atom stereocenters. The highest BCUT2D eigenvalue weighted by Gasteiger charge is 2.45. The molecule has 1 aromatic rings.